The highest BCUT2D eigenvalue weighted by Crippen LogP contribution is 2.02. The molecule has 0 bridgehead atoms. The summed E-state index contributed by atoms with van der Waals surface area (Å²) in [5.74, 6) is 0.430. The molecule has 0 saturated heterocycles. The maximum Gasteiger partial charge on any atom is 0.305 e. The van der Waals surface area contributed by atoms with Crippen LogP contribution in [-0.2, 0) is 23.7 Å². The maximum atomic E-state index is 11.4. The van der Waals surface area contributed by atoms with E-state index in [1.54, 1.807) is 0 Å². The van der Waals surface area contributed by atoms with Gasteiger partial charge in [0.05, 0.1) is 33.0 Å². The van der Waals surface area contributed by atoms with Crippen molar-refractivity contribution in [3.8, 4) is 0 Å². The van der Waals surface area contributed by atoms with Crippen molar-refractivity contribution in [1.82, 2.24) is 0 Å². The highest BCUT2D eigenvalue weighted by Gasteiger charge is 2.03. The van der Waals surface area contributed by atoms with Gasteiger partial charge in [-0.15, -0.1) is 0 Å². The van der Waals surface area contributed by atoms with Crippen molar-refractivity contribution in [2.75, 3.05) is 46.2 Å². The van der Waals surface area contributed by atoms with Crippen LogP contribution >= 0.6 is 0 Å². The zero-order chi connectivity index (χ0) is 18.6. The van der Waals surface area contributed by atoms with Crippen molar-refractivity contribution in [2.45, 2.75) is 72.1 Å². The van der Waals surface area contributed by atoms with Crippen LogP contribution in [0.15, 0.2) is 0 Å². The summed E-state index contributed by atoms with van der Waals surface area (Å²) < 4.78 is 21.5. The molecule has 0 heterocycles. The van der Waals surface area contributed by atoms with Crippen LogP contribution in [0.3, 0.4) is 0 Å². The molecule has 25 heavy (non-hydrogen) atoms. The quantitative estimate of drug-likeness (QED) is 0.253. The van der Waals surface area contributed by atoms with Gasteiger partial charge >= 0.3 is 5.97 Å². The molecule has 0 amide bonds. The van der Waals surface area contributed by atoms with Gasteiger partial charge in [0, 0.05) is 19.6 Å². The molecule has 5 heteroatoms. The third-order valence-corrected chi connectivity index (χ3v) is 3.76. The van der Waals surface area contributed by atoms with Crippen LogP contribution in [0, 0.1) is 5.92 Å². The van der Waals surface area contributed by atoms with Crippen molar-refractivity contribution in [3.05, 3.63) is 0 Å². The van der Waals surface area contributed by atoms with Crippen molar-refractivity contribution < 1.29 is 23.7 Å². The van der Waals surface area contributed by atoms with Gasteiger partial charge in [-0.1, -0.05) is 46.5 Å². The van der Waals surface area contributed by atoms with Crippen LogP contribution in [0.4, 0.5) is 0 Å². The van der Waals surface area contributed by atoms with E-state index in [0.29, 0.717) is 58.4 Å². The minimum atomic E-state index is -0.132. The Morgan fingerprint density at radius 1 is 0.720 bits per heavy atom. The summed E-state index contributed by atoms with van der Waals surface area (Å²) in [6.07, 6.45) is 8.34. The topological polar surface area (TPSA) is 54.0 Å². The van der Waals surface area contributed by atoms with Gasteiger partial charge in [-0.3, -0.25) is 4.79 Å². The summed E-state index contributed by atoms with van der Waals surface area (Å²) in [5, 5.41) is 0. The summed E-state index contributed by atoms with van der Waals surface area (Å²) in [4.78, 5) is 11.4. The minimum Gasteiger partial charge on any atom is -0.466 e. The average Bonchev–Trinajstić information content (AvgIpc) is 2.58. The predicted octanol–water partition coefficient (Wildman–Crippen LogP) is 4.38. The summed E-state index contributed by atoms with van der Waals surface area (Å²) in [6.45, 7) is 10.8. The summed E-state index contributed by atoms with van der Waals surface area (Å²) in [7, 11) is 0. The number of hydrogen-bond acceptors (Lipinski definition) is 5. The third kappa shape index (κ3) is 21.3. The molecule has 0 aromatic rings. The lowest BCUT2D eigenvalue weighted by atomic mass is 10.1. The van der Waals surface area contributed by atoms with Gasteiger partial charge in [0.15, 0.2) is 0 Å². The van der Waals surface area contributed by atoms with Crippen LogP contribution in [-0.4, -0.2) is 52.2 Å². The van der Waals surface area contributed by atoms with Crippen LogP contribution in [0.25, 0.3) is 0 Å². The Hall–Kier alpha value is -0.650. The minimum absolute atomic E-state index is 0.132. The van der Waals surface area contributed by atoms with E-state index in [1.165, 1.54) is 25.7 Å². The standard InChI is InChI=1S/C20H40O5/c1-4-5-6-7-8-12-22-15-17-24-18-16-23-13-9-10-20(21)25-14-11-19(2)3/h19H,4-18H2,1-3H3. The fourth-order valence-electron chi connectivity index (χ4n) is 2.15. The number of unbranched alkanes of at least 4 members (excludes halogenated alkanes) is 4. The van der Waals surface area contributed by atoms with E-state index in [0.717, 1.165) is 19.4 Å². The number of rotatable bonds is 19. The average molecular weight is 361 g/mol. The van der Waals surface area contributed by atoms with Crippen molar-refractivity contribution in [3.63, 3.8) is 0 Å². The molecule has 0 aromatic heterocycles. The molecule has 0 atom stereocenters. The molecule has 0 saturated carbocycles. The van der Waals surface area contributed by atoms with Gasteiger partial charge < -0.3 is 18.9 Å². The van der Waals surface area contributed by atoms with E-state index in [4.69, 9.17) is 18.9 Å². The lowest BCUT2D eigenvalue weighted by Crippen LogP contribution is -2.11. The number of carbonyl (C=O) groups is 1. The first-order chi connectivity index (χ1) is 12.2. The molecule has 0 aliphatic carbocycles. The summed E-state index contributed by atoms with van der Waals surface area (Å²) >= 11 is 0. The Morgan fingerprint density at radius 2 is 1.28 bits per heavy atom. The molecular weight excluding hydrogens is 320 g/mol. The summed E-state index contributed by atoms with van der Waals surface area (Å²) in [5.41, 5.74) is 0. The molecule has 150 valence electrons. The molecule has 0 unspecified atom stereocenters. The SMILES string of the molecule is CCCCCCCOCCOCCOCCCC(=O)OCCC(C)C. The van der Waals surface area contributed by atoms with Gasteiger partial charge in [0.25, 0.3) is 0 Å². The van der Waals surface area contributed by atoms with Gasteiger partial charge in [-0.25, -0.2) is 0 Å². The first-order valence-electron chi connectivity index (χ1n) is 10.1. The van der Waals surface area contributed by atoms with Crippen molar-refractivity contribution >= 4 is 5.97 Å². The Kier molecular flexibility index (Phi) is 19.2. The Morgan fingerprint density at radius 3 is 1.88 bits per heavy atom. The Labute approximate surface area is 154 Å². The van der Waals surface area contributed by atoms with Crippen LogP contribution < -0.4 is 0 Å². The molecule has 0 N–H and O–H groups in total. The zero-order valence-electron chi connectivity index (χ0n) is 16.7. The summed E-state index contributed by atoms with van der Waals surface area (Å²) in [6, 6.07) is 0. The fourth-order valence-corrected chi connectivity index (χ4v) is 2.15. The second kappa shape index (κ2) is 19.7. The van der Waals surface area contributed by atoms with E-state index < -0.39 is 0 Å². The second-order valence-electron chi connectivity index (χ2n) is 6.76. The Bertz CT molecular complexity index is 281. The number of hydrogen-bond donors (Lipinski definition) is 0. The molecule has 0 aliphatic rings. The van der Waals surface area contributed by atoms with Crippen molar-refractivity contribution in [1.29, 1.82) is 0 Å². The number of carbonyl (C=O) groups excluding carboxylic acids is 1. The van der Waals surface area contributed by atoms with Gasteiger partial charge in [-0.2, -0.15) is 0 Å². The lowest BCUT2D eigenvalue weighted by Gasteiger charge is -2.08. The van der Waals surface area contributed by atoms with Gasteiger partial charge in [0.1, 0.15) is 0 Å². The van der Waals surface area contributed by atoms with Gasteiger partial charge in [-0.05, 0) is 25.2 Å². The van der Waals surface area contributed by atoms with Crippen LogP contribution in [0.1, 0.15) is 72.1 Å². The molecule has 0 aliphatic heterocycles. The van der Waals surface area contributed by atoms with Crippen molar-refractivity contribution in [2.24, 2.45) is 5.92 Å². The first kappa shape index (κ1) is 24.4. The smallest absolute Gasteiger partial charge is 0.305 e. The van der Waals surface area contributed by atoms with Crippen LogP contribution in [0.2, 0.25) is 0 Å². The molecule has 0 rings (SSSR count). The molecule has 0 fully saturated rings. The molecule has 0 radical (unpaired) electrons. The molecule has 0 spiro atoms. The largest absolute Gasteiger partial charge is 0.466 e. The fraction of sp³-hybridized carbons (Fsp3) is 0.950. The lowest BCUT2D eigenvalue weighted by molar-refractivity contribution is -0.144. The predicted molar refractivity (Wildman–Crippen MR) is 101 cm³/mol. The highest BCUT2D eigenvalue weighted by atomic mass is 16.5. The highest BCUT2D eigenvalue weighted by molar-refractivity contribution is 5.69. The normalized spacial score (nSPS) is 11.2. The van der Waals surface area contributed by atoms with E-state index in [9.17, 15) is 4.79 Å². The monoisotopic (exact) mass is 360 g/mol. The Balaban J connectivity index is 3.10. The van der Waals surface area contributed by atoms with Crippen LogP contribution in [0.5, 0.6) is 0 Å². The van der Waals surface area contributed by atoms with Gasteiger partial charge in [0.2, 0.25) is 0 Å². The van der Waals surface area contributed by atoms with E-state index in [2.05, 4.69) is 20.8 Å². The number of ether oxygens (including phenoxy) is 4. The van der Waals surface area contributed by atoms with E-state index in [-0.39, 0.29) is 5.97 Å². The van der Waals surface area contributed by atoms with E-state index in [1.807, 2.05) is 0 Å². The second-order valence-corrected chi connectivity index (χ2v) is 6.76. The molecule has 5 nitrogen and oxygen atoms in total. The molecule has 0 aromatic carbocycles. The van der Waals surface area contributed by atoms with E-state index >= 15 is 0 Å². The first-order valence-corrected chi connectivity index (χ1v) is 10.1. The maximum absolute atomic E-state index is 11.4. The number of esters is 1. The molecular formula is C20H40O5. The third-order valence-electron chi connectivity index (χ3n) is 3.76. The zero-order valence-corrected chi connectivity index (χ0v) is 16.7.